The average molecular weight is 517 g/mol. The summed E-state index contributed by atoms with van der Waals surface area (Å²) in [6.07, 6.45) is 0.694. The molecule has 2 aliphatic rings. The van der Waals surface area contributed by atoms with Gasteiger partial charge in [0.05, 0.1) is 22.7 Å². The lowest BCUT2D eigenvalue weighted by atomic mass is 10.1. The van der Waals surface area contributed by atoms with Crippen molar-refractivity contribution in [1.82, 2.24) is 4.90 Å². The maximum atomic E-state index is 13.5. The van der Waals surface area contributed by atoms with E-state index in [1.54, 1.807) is 9.80 Å². The van der Waals surface area contributed by atoms with E-state index in [9.17, 15) is 9.59 Å². The van der Waals surface area contributed by atoms with Gasteiger partial charge in [-0.05, 0) is 37.1 Å². The minimum Gasteiger partial charge on any atom is -0.382 e. The third-order valence-corrected chi connectivity index (χ3v) is 7.05. The summed E-state index contributed by atoms with van der Waals surface area (Å²) in [7, 11) is 0. The van der Waals surface area contributed by atoms with Gasteiger partial charge in [-0.1, -0.05) is 70.2 Å². The number of hydrogen-bond acceptors (Lipinski definition) is 5. The first-order valence-electron chi connectivity index (χ1n) is 10.0. The van der Waals surface area contributed by atoms with Gasteiger partial charge in [-0.15, -0.1) is 0 Å². The fourth-order valence-corrected chi connectivity index (χ4v) is 5.40. The minimum atomic E-state index is -0.206. The number of rotatable bonds is 7. The largest absolute Gasteiger partial charge is 0.382 e. The van der Waals surface area contributed by atoms with Crippen molar-refractivity contribution >= 4 is 67.3 Å². The molecule has 160 valence electrons. The van der Waals surface area contributed by atoms with Gasteiger partial charge in [-0.2, -0.15) is 0 Å². The Bertz CT molecular complexity index is 1070. The predicted molar refractivity (Wildman–Crippen MR) is 132 cm³/mol. The molecule has 0 bridgehead atoms. The van der Waals surface area contributed by atoms with Gasteiger partial charge >= 0.3 is 0 Å². The van der Waals surface area contributed by atoms with Crippen molar-refractivity contribution in [3.05, 3.63) is 69.0 Å². The molecule has 0 unspecified atom stereocenters. The first-order chi connectivity index (χ1) is 15.0. The van der Waals surface area contributed by atoms with Crippen LogP contribution in [0.2, 0.25) is 0 Å². The van der Waals surface area contributed by atoms with Crippen LogP contribution in [0.25, 0.3) is 5.57 Å². The maximum Gasteiger partial charge on any atom is 0.267 e. The number of fused-ring (bicyclic) bond motifs is 1. The second-order valence-electron chi connectivity index (χ2n) is 7.12. The Labute approximate surface area is 199 Å². The third kappa shape index (κ3) is 4.48. The summed E-state index contributed by atoms with van der Waals surface area (Å²) in [5, 5.41) is 0. The smallest absolute Gasteiger partial charge is 0.267 e. The second-order valence-corrected chi connectivity index (χ2v) is 9.68. The fourth-order valence-electron chi connectivity index (χ4n) is 3.66. The Morgan fingerprint density at radius 3 is 2.58 bits per heavy atom. The van der Waals surface area contributed by atoms with E-state index in [1.807, 2.05) is 55.5 Å². The number of carbonyl (C=O) groups excluding carboxylic acids is 2. The van der Waals surface area contributed by atoms with E-state index in [4.69, 9.17) is 17.0 Å². The van der Waals surface area contributed by atoms with Crippen LogP contribution >= 0.6 is 39.9 Å². The van der Waals surface area contributed by atoms with Crippen molar-refractivity contribution in [3.63, 3.8) is 0 Å². The Hall–Kier alpha value is -2.00. The van der Waals surface area contributed by atoms with Crippen LogP contribution in [-0.4, -0.2) is 40.8 Å². The van der Waals surface area contributed by atoms with Crippen molar-refractivity contribution in [1.29, 1.82) is 0 Å². The van der Waals surface area contributed by atoms with E-state index in [1.165, 1.54) is 11.8 Å². The highest BCUT2D eigenvalue weighted by molar-refractivity contribution is 9.10. The summed E-state index contributed by atoms with van der Waals surface area (Å²) in [6, 6.07) is 15.5. The van der Waals surface area contributed by atoms with E-state index in [0.717, 1.165) is 21.3 Å². The van der Waals surface area contributed by atoms with Gasteiger partial charge in [0.2, 0.25) is 0 Å². The second kappa shape index (κ2) is 9.65. The number of thioether (sulfide) groups is 1. The van der Waals surface area contributed by atoms with E-state index >= 15 is 0 Å². The molecule has 0 radical (unpaired) electrons. The molecule has 0 atom stereocenters. The zero-order valence-electron chi connectivity index (χ0n) is 17.0. The molecule has 0 aliphatic carbocycles. The number of nitrogens with zero attached hydrogens (tertiary/aromatic N) is 2. The normalized spacial score (nSPS) is 18.3. The molecule has 0 aromatic heterocycles. The first kappa shape index (κ1) is 22.2. The van der Waals surface area contributed by atoms with E-state index < -0.39 is 0 Å². The Morgan fingerprint density at radius 1 is 1.06 bits per heavy atom. The molecule has 4 rings (SSSR count). The molecule has 8 heteroatoms. The van der Waals surface area contributed by atoms with Crippen LogP contribution in [0.1, 0.15) is 24.5 Å². The molecule has 31 heavy (non-hydrogen) atoms. The van der Waals surface area contributed by atoms with Gasteiger partial charge < -0.3 is 9.64 Å². The topological polar surface area (TPSA) is 49.9 Å². The number of thiocarbonyl (C=S) groups is 1. The van der Waals surface area contributed by atoms with Gasteiger partial charge in [0.1, 0.15) is 4.32 Å². The predicted octanol–water partition coefficient (Wildman–Crippen LogP) is 4.99. The minimum absolute atomic E-state index is 0.174. The van der Waals surface area contributed by atoms with Crippen molar-refractivity contribution in [2.45, 2.75) is 19.9 Å². The van der Waals surface area contributed by atoms with Gasteiger partial charge in [0.15, 0.2) is 0 Å². The summed E-state index contributed by atoms with van der Waals surface area (Å²) < 4.78 is 6.71. The fraction of sp³-hybridized carbons (Fsp3) is 0.261. The average Bonchev–Trinajstić information content (AvgIpc) is 3.18. The van der Waals surface area contributed by atoms with Crippen LogP contribution in [0.4, 0.5) is 5.69 Å². The highest BCUT2D eigenvalue weighted by atomic mass is 79.9. The standard InChI is InChI=1S/C23H21BrN2O3S2/c1-2-29-12-6-11-25-22(28)20(31-23(25)30)19-17-13-16(24)9-10-18(17)26(21(19)27)14-15-7-4-3-5-8-15/h3-5,7-10,13H,2,6,11-12,14H2,1H3/b20-19-. The number of ether oxygens (including phenoxy) is 1. The molecule has 2 aliphatic heterocycles. The van der Waals surface area contributed by atoms with Crippen molar-refractivity contribution in [3.8, 4) is 0 Å². The summed E-state index contributed by atoms with van der Waals surface area (Å²) in [5.74, 6) is -0.380. The number of benzene rings is 2. The monoisotopic (exact) mass is 516 g/mol. The quantitative estimate of drug-likeness (QED) is 0.294. The number of carbonyl (C=O) groups is 2. The van der Waals surface area contributed by atoms with Crippen LogP contribution in [0.3, 0.4) is 0 Å². The number of amides is 2. The summed E-state index contributed by atoms with van der Waals surface area (Å²) in [5.41, 5.74) is 3.00. The molecule has 0 spiro atoms. The molecule has 5 nitrogen and oxygen atoms in total. The van der Waals surface area contributed by atoms with Crippen molar-refractivity contribution < 1.29 is 14.3 Å². The highest BCUT2D eigenvalue weighted by Crippen LogP contribution is 2.45. The first-order valence-corrected chi connectivity index (χ1v) is 12.0. The van der Waals surface area contributed by atoms with Crippen molar-refractivity contribution in [2.24, 2.45) is 0 Å². The van der Waals surface area contributed by atoms with Crippen LogP contribution in [-0.2, 0) is 20.9 Å². The Morgan fingerprint density at radius 2 is 1.84 bits per heavy atom. The van der Waals surface area contributed by atoms with Crippen LogP contribution in [0, 0.1) is 0 Å². The zero-order valence-corrected chi connectivity index (χ0v) is 20.2. The molecule has 2 amide bonds. The molecule has 2 aromatic carbocycles. The number of anilines is 1. The Balaban J connectivity index is 1.68. The molecule has 0 saturated carbocycles. The molecule has 0 N–H and O–H groups in total. The van der Waals surface area contributed by atoms with Gasteiger partial charge in [-0.25, -0.2) is 0 Å². The van der Waals surface area contributed by atoms with Gasteiger partial charge in [0, 0.05) is 29.8 Å². The lowest BCUT2D eigenvalue weighted by molar-refractivity contribution is -0.122. The third-order valence-electron chi connectivity index (χ3n) is 5.11. The lowest BCUT2D eigenvalue weighted by Crippen LogP contribution is -2.30. The number of hydrogen-bond donors (Lipinski definition) is 0. The van der Waals surface area contributed by atoms with Gasteiger partial charge in [0.25, 0.3) is 11.8 Å². The molecular weight excluding hydrogens is 496 g/mol. The summed E-state index contributed by atoms with van der Waals surface area (Å²) in [4.78, 5) is 30.4. The van der Waals surface area contributed by atoms with E-state index in [-0.39, 0.29) is 11.8 Å². The molecule has 1 saturated heterocycles. The molecule has 2 aromatic rings. The zero-order chi connectivity index (χ0) is 22.0. The maximum absolute atomic E-state index is 13.5. The molecule has 2 heterocycles. The summed E-state index contributed by atoms with van der Waals surface area (Å²) in [6.45, 7) is 4.06. The number of halogens is 1. The van der Waals surface area contributed by atoms with Crippen molar-refractivity contribution in [2.75, 3.05) is 24.7 Å². The van der Waals surface area contributed by atoms with Gasteiger partial charge in [-0.3, -0.25) is 14.5 Å². The van der Waals surface area contributed by atoms with Crippen LogP contribution in [0.15, 0.2) is 57.9 Å². The van der Waals surface area contributed by atoms with Crippen LogP contribution in [0.5, 0.6) is 0 Å². The van der Waals surface area contributed by atoms with Crippen LogP contribution < -0.4 is 4.90 Å². The molecular formula is C23H21BrN2O3S2. The molecule has 1 fully saturated rings. The van der Waals surface area contributed by atoms with E-state index in [0.29, 0.717) is 47.5 Å². The highest BCUT2D eigenvalue weighted by Gasteiger charge is 2.41. The lowest BCUT2D eigenvalue weighted by Gasteiger charge is -2.17. The van der Waals surface area contributed by atoms with E-state index in [2.05, 4.69) is 15.9 Å². The summed E-state index contributed by atoms with van der Waals surface area (Å²) >= 11 is 10.2. The Kier molecular flexibility index (Phi) is 6.91. The SMILES string of the molecule is CCOCCCN1C(=O)/C(=C2/C(=O)N(Cc3ccccc3)c3ccc(Br)cc32)SC1=S.